The van der Waals surface area contributed by atoms with Crippen molar-refractivity contribution in [1.82, 2.24) is 9.55 Å². The Labute approximate surface area is 142 Å². The topological polar surface area (TPSA) is 123 Å². The van der Waals surface area contributed by atoms with Gasteiger partial charge in [0.25, 0.3) is 5.69 Å². The number of fused-ring (bicyclic) bond motifs is 3. The Morgan fingerprint density at radius 3 is 2.88 bits per heavy atom. The van der Waals surface area contributed by atoms with Gasteiger partial charge in [-0.1, -0.05) is 18.2 Å². The van der Waals surface area contributed by atoms with Crippen molar-refractivity contribution < 1.29 is 4.92 Å². The third kappa shape index (κ3) is 2.33. The summed E-state index contributed by atoms with van der Waals surface area (Å²) in [6.45, 7) is 0. The molecule has 1 aliphatic heterocycles. The number of nitrogens with two attached hydrogens (primary N) is 1. The number of nitro groups is 1. The molecule has 1 unspecified atom stereocenters. The molecule has 1 aliphatic rings. The van der Waals surface area contributed by atoms with Crippen LogP contribution < -0.4 is 16.4 Å². The van der Waals surface area contributed by atoms with Gasteiger partial charge in [-0.15, -0.1) is 0 Å². The van der Waals surface area contributed by atoms with Crippen molar-refractivity contribution in [3.8, 4) is 0 Å². The van der Waals surface area contributed by atoms with Crippen LogP contribution in [0.25, 0.3) is 11.0 Å². The van der Waals surface area contributed by atoms with Crippen molar-refractivity contribution in [2.45, 2.75) is 6.17 Å². The van der Waals surface area contributed by atoms with E-state index in [0.29, 0.717) is 17.2 Å². The summed E-state index contributed by atoms with van der Waals surface area (Å²) in [6, 6.07) is 12.6. The minimum Gasteiger partial charge on any atom is -0.383 e. The predicted octanol–water partition coefficient (Wildman–Crippen LogP) is 2.27. The number of aromatic nitrogens is 2. The summed E-state index contributed by atoms with van der Waals surface area (Å²) < 4.78 is 1.88. The van der Waals surface area contributed by atoms with Crippen LogP contribution in [0.2, 0.25) is 0 Å². The van der Waals surface area contributed by atoms with Gasteiger partial charge in [0.15, 0.2) is 12.1 Å². The third-order valence-corrected chi connectivity index (χ3v) is 4.13. The van der Waals surface area contributed by atoms with Crippen LogP contribution in [0.4, 0.5) is 17.3 Å². The lowest BCUT2D eigenvalue weighted by atomic mass is 10.1. The Balaban J connectivity index is 1.92. The second kappa shape index (κ2) is 5.48. The van der Waals surface area contributed by atoms with Crippen LogP contribution >= 0.6 is 0 Å². The average Bonchev–Trinajstić information content (AvgIpc) is 2.98. The Bertz CT molecular complexity index is 1020. The molecule has 2 heterocycles. The Morgan fingerprint density at radius 1 is 1.32 bits per heavy atom. The number of nitrogens with zero attached hydrogens (tertiary/aromatic N) is 4. The van der Waals surface area contributed by atoms with E-state index in [4.69, 9.17) is 5.73 Å². The molecule has 0 fully saturated rings. The molecular formula is C16H15N7O2. The average molecular weight is 337 g/mol. The maximum atomic E-state index is 11.4. The molecule has 3 aromatic rings. The van der Waals surface area contributed by atoms with Gasteiger partial charge in [-0.25, -0.2) is 9.98 Å². The van der Waals surface area contributed by atoms with Crippen LogP contribution in [0.15, 0.2) is 47.5 Å². The first-order chi connectivity index (χ1) is 12.1. The highest BCUT2D eigenvalue weighted by Crippen LogP contribution is 2.35. The van der Waals surface area contributed by atoms with E-state index in [0.717, 1.165) is 11.0 Å². The van der Waals surface area contributed by atoms with Crippen LogP contribution in [0.1, 0.15) is 11.7 Å². The summed E-state index contributed by atoms with van der Waals surface area (Å²) in [5.74, 6) is 0.771. The summed E-state index contributed by atoms with van der Waals surface area (Å²) in [5.41, 5.74) is 8.63. The number of hydrogen-bond acceptors (Lipinski definition) is 7. The van der Waals surface area contributed by atoms with Gasteiger partial charge in [0.1, 0.15) is 5.69 Å². The quantitative estimate of drug-likeness (QED) is 0.497. The molecular weight excluding hydrogens is 322 g/mol. The molecule has 0 saturated heterocycles. The molecule has 0 bridgehead atoms. The Hall–Kier alpha value is -3.62. The zero-order chi connectivity index (χ0) is 17.6. The molecule has 0 aliphatic carbocycles. The number of nitrogens with one attached hydrogen (secondary N) is 2. The fraction of sp³-hybridized carbons (Fsp3) is 0.125. The van der Waals surface area contributed by atoms with Gasteiger partial charge >= 0.3 is 0 Å². The molecule has 4 N–H and O–H groups in total. The molecule has 0 saturated carbocycles. The van der Waals surface area contributed by atoms with Crippen molar-refractivity contribution in [3.05, 3.63) is 58.1 Å². The number of anilines is 2. The highest BCUT2D eigenvalue weighted by atomic mass is 16.6. The fourth-order valence-corrected chi connectivity index (χ4v) is 3.01. The summed E-state index contributed by atoms with van der Waals surface area (Å²) in [6.07, 6.45) is -0.534. The van der Waals surface area contributed by atoms with E-state index in [1.165, 1.54) is 6.07 Å². The number of para-hydroxylation sites is 2. The SMILES string of the molecule is CNc1ccc(C2N=C(N)Nc3nc4ccccc4n32)cc1[N+](=O)[O-]. The minimum atomic E-state index is -0.534. The summed E-state index contributed by atoms with van der Waals surface area (Å²) in [5, 5.41) is 17.1. The van der Waals surface area contributed by atoms with Gasteiger partial charge in [-0.2, -0.15) is 0 Å². The van der Waals surface area contributed by atoms with Gasteiger partial charge in [0.2, 0.25) is 5.95 Å². The van der Waals surface area contributed by atoms with Crippen LogP contribution in [0, 0.1) is 10.1 Å². The first-order valence-corrected chi connectivity index (χ1v) is 7.62. The lowest BCUT2D eigenvalue weighted by Gasteiger charge is -2.23. The van der Waals surface area contributed by atoms with Gasteiger partial charge in [-0.3, -0.25) is 20.0 Å². The number of guanidine groups is 1. The highest BCUT2D eigenvalue weighted by Gasteiger charge is 2.27. The van der Waals surface area contributed by atoms with Crippen molar-refractivity contribution in [2.24, 2.45) is 10.7 Å². The van der Waals surface area contributed by atoms with Crippen LogP contribution in [-0.4, -0.2) is 27.5 Å². The number of rotatable bonds is 3. The van der Waals surface area contributed by atoms with Crippen molar-refractivity contribution in [1.29, 1.82) is 0 Å². The van der Waals surface area contributed by atoms with E-state index in [-0.39, 0.29) is 11.6 Å². The summed E-state index contributed by atoms with van der Waals surface area (Å²) in [4.78, 5) is 19.9. The second-order valence-electron chi connectivity index (χ2n) is 5.59. The standard InChI is InChI=1S/C16H15N7O2/c1-18-10-7-6-9(8-13(10)23(24)25)14-20-15(17)21-16-19-11-4-2-3-5-12(11)22(14)16/h2-8,14,18H,1H3,(H3,17,19,20,21). The number of hydrogen-bond donors (Lipinski definition) is 3. The van der Waals surface area contributed by atoms with E-state index < -0.39 is 11.1 Å². The molecule has 1 atom stereocenters. The molecule has 2 aromatic carbocycles. The summed E-state index contributed by atoms with van der Waals surface area (Å²) >= 11 is 0. The normalized spacial score (nSPS) is 16.0. The number of benzene rings is 2. The molecule has 9 heteroatoms. The number of nitro benzene ring substituents is 1. The maximum absolute atomic E-state index is 11.4. The van der Waals surface area contributed by atoms with Gasteiger partial charge < -0.3 is 11.1 Å². The number of aliphatic imine (C=N–C) groups is 1. The summed E-state index contributed by atoms with van der Waals surface area (Å²) in [7, 11) is 1.64. The zero-order valence-electron chi connectivity index (χ0n) is 13.3. The monoisotopic (exact) mass is 337 g/mol. The smallest absolute Gasteiger partial charge is 0.292 e. The van der Waals surface area contributed by atoms with Gasteiger partial charge in [0.05, 0.1) is 16.0 Å². The van der Waals surface area contributed by atoms with Gasteiger partial charge in [-0.05, 0) is 18.2 Å². The second-order valence-corrected chi connectivity index (χ2v) is 5.59. The lowest BCUT2D eigenvalue weighted by Crippen LogP contribution is -2.31. The largest absolute Gasteiger partial charge is 0.383 e. The van der Waals surface area contributed by atoms with E-state index in [2.05, 4.69) is 20.6 Å². The maximum Gasteiger partial charge on any atom is 0.292 e. The van der Waals surface area contributed by atoms with E-state index in [9.17, 15) is 10.1 Å². The Morgan fingerprint density at radius 2 is 2.12 bits per heavy atom. The fourth-order valence-electron chi connectivity index (χ4n) is 3.01. The molecule has 126 valence electrons. The first-order valence-electron chi connectivity index (χ1n) is 7.62. The molecule has 25 heavy (non-hydrogen) atoms. The predicted molar refractivity (Wildman–Crippen MR) is 95.8 cm³/mol. The first kappa shape index (κ1) is 14.9. The number of imidazole rings is 1. The lowest BCUT2D eigenvalue weighted by molar-refractivity contribution is -0.384. The van der Waals surface area contributed by atoms with E-state index in [1.54, 1.807) is 19.2 Å². The van der Waals surface area contributed by atoms with Crippen molar-refractivity contribution >= 4 is 34.3 Å². The molecule has 0 spiro atoms. The van der Waals surface area contributed by atoms with Crippen LogP contribution in [0.5, 0.6) is 0 Å². The molecule has 1 aromatic heterocycles. The zero-order valence-corrected chi connectivity index (χ0v) is 13.3. The molecule has 4 rings (SSSR count). The van der Waals surface area contributed by atoms with E-state index >= 15 is 0 Å². The van der Waals surface area contributed by atoms with E-state index in [1.807, 2.05) is 28.8 Å². The van der Waals surface area contributed by atoms with Crippen molar-refractivity contribution in [2.75, 3.05) is 17.7 Å². The third-order valence-electron chi connectivity index (χ3n) is 4.13. The highest BCUT2D eigenvalue weighted by molar-refractivity contribution is 5.94. The van der Waals surface area contributed by atoms with Gasteiger partial charge in [0, 0.05) is 18.7 Å². The minimum absolute atomic E-state index is 0.0155. The molecule has 9 nitrogen and oxygen atoms in total. The van der Waals surface area contributed by atoms with Crippen LogP contribution in [-0.2, 0) is 0 Å². The Kier molecular flexibility index (Phi) is 3.27. The van der Waals surface area contributed by atoms with Crippen LogP contribution in [0.3, 0.4) is 0 Å². The van der Waals surface area contributed by atoms with Crippen molar-refractivity contribution in [3.63, 3.8) is 0 Å². The molecule has 0 amide bonds. The molecule has 0 radical (unpaired) electrons.